The minimum Gasteiger partial charge on any atom is -0.351 e. The molecule has 2 N–H and O–H groups in total. The number of nitrogens with zero attached hydrogens (tertiary/aromatic N) is 3. The molecule has 1 saturated carbocycles. The molecule has 1 fully saturated rings. The minimum absolute atomic E-state index is 0.281. The molecule has 6 nitrogen and oxygen atoms in total. The molecule has 110 valence electrons. The average molecular weight is 293 g/mol. The summed E-state index contributed by atoms with van der Waals surface area (Å²) in [5.41, 5.74) is 1.89. The van der Waals surface area contributed by atoms with Gasteiger partial charge in [0.15, 0.2) is 0 Å². The molecule has 2 aromatic rings. The summed E-state index contributed by atoms with van der Waals surface area (Å²) < 4.78 is 0. The molecule has 0 radical (unpaired) electrons. The number of rotatable bonds is 4. The van der Waals surface area contributed by atoms with Crippen molar-refractivity contribution in [3.05, 3.63) is 47.3 Å². The summed E-state index contributed by atoms with van der Waals surface area (Å²) in [5.74, 6) is 0.119. The van der Waals surface area contributed by atoms with E-state index in [1.165, 1.54) is 0 Å². The SMILES string of the molecule is Cc1cc(C(=O)Nc2ccccc2C#N)nc(NC2CC2)n1. The first kappa shape index (κ1) is 14.0. The van der Waals surface area contributed by atoms with Crippen LogP contribution in [-0.2, 0) is 0 Å². The van der Waals surface area contributed by atoms with Gasteiger partial charge in [-0.15, -0.1) is 0 Å². The highest BCUT2D eigenvalue weighted by Gasteiger charge is 2.22. The lowest BCUT2D eigenvalue weighted by atomic mass is 10.2. The van der Waals surface area contributed by atoms with E-state index >= 15 is 0 Å². The Hall–Kier alpha value is -2.94. The Balaban J connectivity index is 1.82. The number of hydrogen-bond acceptors (Lipinski definition) is 5. The zero-order valence-corrected chi connectivity index (χ0v) is 12.1. The molecule has 0 atom stereocenters. The zero-order valence-electron chi connectivity index (χ0n) is 12.1. The van der Waals surface area contributed by atoms with E-state index < -0.39 is 0 Å². The first-order valence-corrected chi connectivity index (χ1v) is 7.08. The Kier molecular flexibility index (Phi) is 3.71. The van der Waals surface area contributed by atoms with E-state index in [1.54, 1.807) is 30.3 Å². The fourth-order valence-electron chi connectivity index (χ4n) is 2.04. The normalized spacial score (nSPS) is 13.3. The van der Waals surface area contributed by atoms with E-state index in [9.17, 15) is 4.79 Å². The topological polar surface area (TPSA) is 90.7 Å². The van der Waals surface area contributed by atoms with Crippen LogP contribution in [-0.4, -0.2) is 21.9 Å². The monoisotopic (exact) mass is 293 g/mol. The lowest BCUT2D eigenvalue weighted by Gasteiger charge is -2.09. The Labute approximate surface area is 128 Å². The van der Waals surface area contributed by atoms with E-state index in [1.807, 2.05) is 13.0 Å². The van der Waals surface area contributed by atoms with Crippen molar-refractivity contribution in [2.75, 3.05) is 10.6 Å². The molecule has 3 rings (SSSR count). The van der Waals surface area contributed by atoms with Crippen LogP contribution < -0.4 is 10.6 Å². The summed E-state index contributed by atoms with van der Waals surface area (Å²) >= 11 is 0. The molecular formula is C16H15N5O. The van der Waals surface area contributed by atoms with Crippen molar-refractivity contribution in [1.82, 2.24) is 9.97 Å². The molecular weight excluding hydrogens is 278 g/mol. The van der Waals surface area contributed by atoms with Gasteiger partial charge in [0.25, 0.3) is 5.91 Å². The molecule has 1 heterocycles. The smallest absolute Gasteiger partial charge is 0.274 e. The van der Waals surface area contributed by atoms with Crippen molar-refractivity contribution < 1.29 is 4.79 Å². The Bertz CT molecular complexity index is 761. The van der Waals surface area contributed by atoms with Crippen LogP contribution in [0.15, 0.2) is 30.3 Å². The highest BCUT2D eigenvalue weighted by Crippen LogP contribution is 2.23. The minimum atomic E-state index is -0.355. The first-order valence-electron chi connectivity index (χ1n) is 7.08. The fraction of sp³-hybridized carbons (Fsp3) is 0.250. The number of benzene rings is 1. The largest absolute Gasteiger partial charge is 0.351 e. The lowest BCUT2D eigenvalue weighted by molar-refractivity contribution is 0.102. The van der Waals surface area contributed by atoms with Crippen LogP contribution in [0.4, 0.5) is 11.6 Å². The van der Waals surface area contributed by atoms with Crippen LogP contribution in [0.1, 0.15) is 34.6 Å². The molecule has 0 aliphatic heterocycles. The Morgan fingerprint density at radius 2 is 2.09 bits per heavy atom. The summed E-state index contributed by atoms with van der Waals surface area (Å²) in [6.07, 6.45) is 2.21. The fourth-order valence-corrected chi connectivity index (χ4v) is 2.04. The molecule has 1 aromatic heterocycles. The third kappa shape index (κ3) is 3.20. The van der Waals surface area contributed by atoms with E-state index in [4.69, 9.17) is 5.26 Å². The van der Waals surface area contributed by atoms with E-state index in [0.29, 0.717) is 23.2 Å². The van der Waals surface area contributed by atoms with Gasteiger partial charge in [0.1, 0.15) is 11.8 Å². The summed E-state index contributed by atoms with van der Waals surface area (Å²) in [7, 11) is 0. The summed E-state index contributed by atoms with van der Waals surface area (Å²) in [5, 5.41) is 15.0. The van der Waals surface area contributed by atoms with Crippen molar-refractivity contribution in [2.24, 2.45) is 0 Å². The van der Waals surface area contributed by atoms with Crippen LogP contribution in [0, 0.1) is 18.3 Å². The second-order valence-electron chi connectivity index (χ2n) is 5.25. The quantitative estimate of drug-likeness (QED) is 0.903. The number of carbonyl (C=O) groups is 1. The van der Waals surface area contributed by atoms with Crippen molar-refractivity contribution in [2.45, 2.75) is 25.8 Å². The van der Waals surface area contributed by atoms with Crippen molar-refractivity contribution in [1.29, 1.82) is 5.26 Å². The third-order valence-electron chi connectivity index (χ3n) is 3.29. The molecule has 1 aliphatic rings. The number of carbonyl (C=O) groups excluding carboxylic acids is 1. The number of nitriles is 1. The van der Waals surface area contributed by atoms with Gasteiger partial charge >= 0.3 is 0 Å². The van der Waals surface area contributed by atoms with Gasteiger partial charge in [-0.3, -0.25) is 4.79 Å². The van der Waals surface area contributed by atoms with Crippen LogP contribution in [0.2, 0.25) is 0 Å². The van der Waals surface area contributed by atoms with Crippen LogP contribution in [0.5, 0.6) is 0 Å². The van der Waals surface area contributed by atoms with Gasteiger partial charge in [-0.25, -0.2) is 9.97 Å². The summed E-state index contributed by atoms with van der Waals surface area (Å²) in [6, 6.07) is 10.9. The second-order valence-corrected chi connectivity index (χ2v) is 5.25. The molecule has 0 saturated heterocycles. The molecule has 1 aliphatic carbocycles. The van der Waals surface area contributed by atoms with Gasteiger partial charge in [0.2, 0.25) is 5.95 Å². The number of anilines is 2. The lowest BCUT2D eigenvalue weighted by Crippen LogP contribution is -2.17. The first-order chi connectivity index (χ1) is 10.7. The number of aryl methyl sites for hydroxylation is 1. The molecule has 0 unspecified atom stereocenters. The van der Waals surface area contributed by atoms with Crippen LogP contribution in [0.25, 0.3) is 0 Å². The van der Waals surface area contributed by atoms with Crippen molar-refractivity contribution in [3.8, 4) is 6.07 Å². The number of amides is 1. The standard InChI is InChI=1S/C16H15N5O/c1-10-8-14(21-16(18-10)19-12-6-7-12)15(22)20-13-5-3-2-4-11(13)9-17/h2-5,8,12H,6-7H2,1H3,(H,20,22)(H,18,19,21). The maximum Gasteiger partial charge on any atom is 0.274 e. The van der Waals surface area contributed by atoms with Crippen molar-refractivity contribution >= 4 is 17.5 Å². The maximum atomic E-state index is 12.3. The van der Waals surface area contributed by atoms with E-state index in [0.717, 1.165) is 18.5 Å². The highest BCUT2D eigenvalue weighted by atomic mass is 16.1. The second kappa shape index (κ2) is 5.82. The van der Waals surface area contributed by atoms with Gasteiger partial charge in [0, 0.05) is 11.7 Å². The predicted molar refractivity (Wildman–Crippen MR) is 82.5 cm³/mol. The summed E-state index contributed by atoms with van der Waals surface area (Å²) in [6.45, 7) is 1.82. The number of aromatic nitrogens is 2. The highest BCUT2D eigenvalue weighted by molar-refractivity contribution is 6.03. The third-order valence-corrected chi connectivity index (χ3v) is 3.29. The molecule has 0 spiro atoms. The number of hydrogen-bond donors (Lipinski definition) is 2. The van der Waals surface area contributed by atoms with Gasteiger partial charge in [-0.2, -0.15) is 5.26 Å². The van der Waals surface area contributed by atoms with Gasteiger partial charge < -0.3 is 10.6 Å². The molecule has 0 bridgehead atoms. The molecule has 6 heteroatoms. The average Bonchev–Trinajstić information content (AvgIpc) is 3.31. The molecule has 1 amide bonds. The predicted octanol–water partition coefficient (Wildman–Crippen LogP) is 2.48. The Morgan fingerprint density at radius 3 is 2.82 bits per heavy atom. The Morgan fingerprint density at radius 1 is 1.32 bits per heavy atom. The maximum absolute atomic E-state index is 12.3. The van der Waals surface area contributed by atoms with Crippen molar-refractivity contribution in [3.63, 3.8) is 0 Å². The van der Waals surface area contributed by atoms with E-state index in [2.05, 4.69) is 20.6 Å². The van der Waals surface area contributed by atoms with Gasteiger partial charge in [0.05, 0.1) is 11.3 Å². The number of nitrogens with one attached hydrogen (secondary N) is 2. The van der Waals surface area contributed by atoms with Gasteiger partial charge in [-0.05, 0) is 38.0 Å². The van der Waals surface area contributed by atoms with E-state index in [-0.39, 0.29) is 11.6 Å². The number of para-hydroxylation sites is 1. The van der Waals surface area contributed by atoms with Crippen LogP contribution in [0.3, 0.4) is 0 Å². The summed E-state index contributed by atoms with van der Waals surface area (Å²) in [4.78, 5) is 20.9. The zero-order chi connectivity index (χ0) is 15.5. The molecule has 1 aromatic carbocycles. The van der Waals surface area contributed by atoms with Crippen LogP contribution >= 0.6 is 0 Å². The molecule has 22 heavy (non-hydrogen) atoms. The van der Waals surface area contributed by atoms with Gasteiger partial charge in [-0.1, -0.05) is 12.1 Å².